The molecule has 0 radical (unpaired) electrons. The summed E-state index contributed by atoms with van der Waals surface area (Å²) in [5, 5.41) is 0. The fourth-order valence-corrected chi connectivity index (χ4v) is 1.58. The van der Waals surface area contributed by atoms with Crippen molar-refractivity contribution >= 4 is 0 Å². The lowest BCUT2D eigenvalue weighted by molar-refractivity contribution is -0.0508. The second-order valence-electron chi connectivity index (χ2n) is 3.85. The van der Waals surface area contributed by atoms with Gasteiger partial charge < -0.3 is 9.47 Å². The van der Waals surface area contributed by atoms with Crippen molar-refractivity contribution in [2.24, 2.45) is 0 Å². The summed E-state index contributed by atoms with van der Waals surface area (Å²) in [6.45, 7) is -3.13. The maximum absolute atomic E-state index is 13.3. The molecule has 2 aromatic rings. The molecular weight excluding hydrogens is 276 g/mol. The van der Waals surface area contributed by atoms with Crippen molar-refractivity contribution in [3.8, 4) is 11.5 Å². The van der Waals surface area contributed by atoms with Crippen LogP contribution in [0.5, 0.6) is 11.5 Å². The van der Waals surface area contributed by atoms with Crippen molar-refractivity contribution in [1.29, 1.82) is 0 Å². The van der Waals surface area contributed by atoms with E-state index in [1.54, 1.807) is 6.07 Å². The van der Waals surface area contributed by atoms with Gasteiger partial charge >= 0.3 is 6.61 Å². The zero-order chi connectivity index (χ0) is 14.5. The first-order valence-corrected chi connectivity index (χ1v) is 5.67. The summed E-state index contributed by atoms with van der Waals surface area (Å²) in [4.78, 5) is 0. The number of ether oxygens (including phenoxy) is 2. The Labute approximate surface area is 112 Å². The maximum atomic E-state index is 13.3. The molecule has 0 amide bonds. The predicted octanol–water partition coefficient (Wildman–Crippen LogP) is 4.15. The van der Waals surface area contributed by atoms with Gasteiger partial charge in [0.2, 0.25) is 0 Å². The fourth-order valence-electron chi connectivity index (χ4n) is 1.58. The molecular formula is C14H10F4O2. The van der Waals surface area contributed by atoms with Gasteiger partial charge in [-0.3, -0.25) is 0 Å². The van der Waals surface area contributed by atoms with Gasteiger partial charge in [0.15, 0.2) is 11.6 Å². The van der Waals surface area contributed by atoms with Crippen LogP contribution in [-0.2, 0) is 6.61 Å². The van der Waals surface area contributed by atoms with Crippen LogP contribution in [-0.4, -0.2) is 6.61 Å². The van der Waals surface area contributed by atoms with Crippen molar-refractivity contribution in [3.63, 3.8) is 0 Å². The summed E-state index contributed by atoms with van der Waals surface area (Å²) >= 11 is 0. The molecule has 2 aromatic carbocycles. The standard InChI is InChI=1S/C14H10F4O2/c15-10-5-6-13(11(16)7-10)19-8-9-3-1-2-4-12(9)20-14(17)18/h1-7,14H,8H2. The van der Waals surface area contributed by atoms with Crippen LogP contribution in [0.4, 0.5) is 17.6 Å². The molecule has 0 aliphatic heterocycles. The van der Waals surface area contributed by atoms with Gasteiger partial charge in [-0.15, -0.1) is 0 Å². The smallest absolute Gasteiger partial charge is 0.387 e. The fraction of sp³-hybridized carbons (Fsp3) is 0.143. The molecule has 0 heterocycles. The highest BCUT2D eigenvalue weighted by Crippen LogP contribution is 2.24. The van der Waals surface area contributed by atoms with Crippen LogP contribution in [0.3, 0.4) is 0 Å². The SMILES string of the molecule is Fc1ccc(OCc2ccccc2OC(F)F)c(F)c1. The first-order valence-electron chi connectivity index (χ1n) is 5.67. The minimum atomic E-state index is -2.96. The zero-order valence-electron chi connectivity index (χ0n) is 10.2. The van der Waals surface area contributed by atoms with E-state index in [1.807, 2.05) is 0 Å². The minimum Gasteiger partial charge on any atom is -0.486 e. The molecule has 0 aliphatic carbocycles. The molecule has 2 rings (SSSR count). The molecule has 0 spiro atoms. The lowest BCUT2D eigenvalue weighted by atomic mass is 10.2. The van der Waals surface area contributed by atoms with Crippen LogP contribution in [0, 0.1) is 11.6 Å². The highest BCUT2D eigenvalue weighted by Gasteiger charge is 2.11. The lowest BCUT2D eigenvalue weighted by Crippen LogP contribution is -2.06. The summed E-state index contributed by atoms with van der Waals surface area (Å²) in [5.41, 5.74) is 0.330. The molecule has 0 bridgehead atoms. The van der Waals surface area contributed by atoms with Crippen molar-refractivity contribution < 1.29 is 27.0 Å². The Bertz CT molecular complexity index is 587. The highest BCUT2D eigenvalue weighted by atomic mass is 19.3. The Balaban J connectivity index is 2.10. The lowest BCUT2D eigenvalue weighted by Gasteiger charge is -2.12. The Morgan fingerprint density at radius 1 is 0.950 bits per heavy atom. The summed E-state index contributed by atoms with van der Waals surface area (Å²) in [7, 11) is 0. The Hall–Kier alpha value is -2.24. The van der Waals surface area contributed by atoms with Crippen molar-refractivity contribution in [1.82, 2.24) is 0 Å². The molecule has 0 N–H and O–H groups in total. The topological polar surface area (TPSA) is 18.5 Å². The van der Waals surface area contributed by atoms with Crippen LogP contribution >= 0.6 is 0 Å². The molecule has 20 heavy (non-hydrogen) atoms. The van der Waals surface area contributed by atoms with Gasteiger partial charge in [0.1, 0.15) is 18.2 Å². The molecule has 0 saturated carbocycles. The van der Waals surface area contributed by atoms with E-state index < -0.39 is 18.2 Å². The van der Waals surface area contributed by atoms with Crippen LogP contribution in [0.25, 0.3) is 0 Å². The third-order valence-electron chi connectivity index (χ3n) is 2.47. The number of hydrogen-bond acceptors (Lipinski definition) is 2. The van der Waals surface area contributed by atoms with Crippen molar-refractivity contribution in [2.75, 3.05) is 0 Å². The zero-order valence-corrected chi connectivity index (χ0v) is 10.2. The quantitative estimate of drug-likeness (QED) is 0.769. The Morgan fingerprint density at radius 3 is 2.40 bits per heavy atom. The largest absolute Gasteiger partial charge is 0.486 e. The number of benzene rings is 2. The van der Waals surface area contributed by atoms with Crippen LogP contribution in [0.15, 0.2) is 42.5 Å². The molecule has 0 atom stereocenters. The van der Waals surface area contributed by atoms with Crippen LogP contribution in [0.2, 0.25) is 0 Å². The van der Waals surface area contributed by atoms with E-state index in [0.717, 1.165) is 12.1 Å². The Morgan fingerprint density at radius 2 is 1.70 bits per heavy atom. The van der Waals surface area contributed by atoms with Gasteiger partial charge in [-0.2, -0.15) is 8.78 Å². The molecule has 0 aromatic heterocycles. The average Bonchev–Trinajstić information content (AvgIpc) is 2.39. The molecule has 0 saturated heterocycles. The van der Waals surface area contributed by atoms with E-state index in [1.165, 1.54) is 18.2 Å². The predicted molar refractivity (Wildman–Crippen MR) is 63.8 cm³/mol. The molecule has 6 heteroatoms. The van der Waals surface area contributed by atoms with E-state index in [0.29, 0.717) is 11.6 Å². The average molecular weight is 286 g/mol. The van der Waals surface area contributed by atoms with Gasteiger partial charge in [-0.05, 0) is 18.2 Å². The number of alkyl halides is 2. The van der Waals surface area contributed by atoms with Gasteiger partial charge in [0.05, 0.1) is 0 Å². The van der Waals surface area contributed by atoms with Gasteiger partial charge in [0.25, 0.3) is 0 Å². The number of hydrogen-bond donors (Lipinski definition) is 0. The van der Waals surface area contributed by atoms with E-state index in [-0.39, 0.29) is 18.1 Å². The van der Waals surface area contributed by atoms with E-state index in [9.17, 15) is 17.6 Å². The third kappa shape index (κ3) is 3.63. The first kappa shape index (κ1) is 14.2. The van der Waals surface area contributed by atoms with E-state index in [4.69, 9.17) is 4.74 Å². The highest BCUT2D eigenvalue weighted by molar-refractivity contribution is 5.33. The summed E-state index contributed by atoms with van der Waals surface area (Å²) in [6, 6.07) is 8.85. The van der Waals surface area contributed by atoms with E-state index >= 15 is 0 Å². The molecule has 106 valence electrons. The molecule has 0 aliphatic rings. The number of rotatable bonds is 5. The molecule has 0 fully saturated rings. The van der Waals surface area contributed by atoms with Crippen molar-refractivity contribution in [2.45, 2.75) is 13.2 Å². The van der Waals surface area contributed by atoms with Gasteiger partial charge in [-0.1, -0.05) is 18.2 Å². The van der Waals surface area contributed by atoms with Gasteiger partial charge in [-0.25, -0.2) is 8.78 Å². The molecule has 2 nitrogen and oxygen atoms in total. The first-order chi connectivity index (χ1) is 9.56. The molecule has 0 unspecified atom stereocenters. The van der Waals surface area contributed by atoms with Crippen LogP contribution in [0.1, 0.15) is 5.56 Å². The number of halogens is 4. The summed E-state index contributed by atoms with van der Waals surface area (Å²) in [6.07, 6.45) is 0. The minimum absolute atomic E-state index is 0.0509. The summed E-state index contributed by atoms with van der Waals surface area (Å²) < 4.78 is 59.9. The summed E-state index contributed by atoms with van der Waals surface area (Å²) in [5.74, 6) is -1.81. The second-order valence-corrected chi connectivity index (χ2v) is 3.85. The Kier molecular flexibility index (Phi) is 4.45. The monoisotopic (exact) mass is 286 g/mol. The number of para-hydroxylation sites is 1. The normalized spacial score (nSPS) is 10.7. The second kappa shape index (κ2) is 6.27. The van der Waals surface area contributed by atoms with E-state index in [2.05, 4.69) is 4.74 Å². The third-order valence-corrected chi connectivity index (χ3v) is 2.47. The maximum Gasteiger partial charge on any atom is 0.387 e. The van der Waals surface area contributed by atoms with Crippen LogP contribution < -0.4 is 9.47 Å². The van der Waals surface area contributed by atoms with Gasteiger partial charge in [0, 0.05) is 11.6 Å². The van der Waals surface area contributed by atoms with Crippen molar-refractivity contribution in [3.05, 3.63) is 59.7 Å².